The molecule has 0 fully saturated rings. The number of amides is 2. The van der Waals surface area contributed by atoms with E-state index in [1.54, 1.807) is 13.0 Å². The number of hydrogen-bond acceptors (Lipinski definition) is 7. The molecule has 29 heavy (non-hydrogen) atoms. The Morgan fingerprint density at radius 3 is 2.76 bits per heavy atom. The Kier molecular flexibility index (Phi) is 6.61. The van der Waals surface area contributed by atoms with Gasteiger partial charge in [0.05, 0.1) is 34.1 Å². The van der Waals surface area contributed by atoms with Crippen molar-refractivity contribution in [2.45, 2.75) is 26.3 Å². The molecule has 2 amide bonds. The molecule has 1 aliphatic heterocycles. The number of carbonyl (C=O) groups is 3. The predicted molar refractivity (Wildman–Crippen MR) is 109 cm³/mol. The first kappa shape index (κ1) is 20.5. The van der Waals surface area contributed by atoms with Gasteiger partial charge in [0.1, 0.15) is 11.6 Å². The molecular weight excluding hydrogens is 394 g/mol. The van der Waals surface area contributed by atoms with Crippen LogP contribution in [0, 0.1) is 0 Å². The molecule has 0 bridgehead atoms. The molecule has 1 aromatic carbocycles. The van der Waals surface area contributed by atoms with Crippen LogP contribution in [0.25, 0.3) is 16.3 Å². The van der Waals surface area contributed by atoms with Crippen LogP contribution in [0.5, 0.6) is 0 Å². The fraction of sp³-hybridized carbons (Fsp3) is 0.300. The highest BCUT2D eigenvalue weighted by Gasteiger charge is 2.31. The third-order valence-corrected chi connectivity index (χ3v) is 5.18. The van der Waals surface area contributed by atoms with E-state index in [2.05, 4.69) is 15.6 Å². The Morgan fingerprint density at radius 1 is 1.24 bits per heavy atom. The summed E-state index contributed by atoms with van der Waals surface area (Å²) in [5, 5.41) is 5.87. The number of carbonyl (C=O) groups excluding carboxylic acids is 3. The van der Waals surface area contributed by atoms with Crippen LogP contribution >= 0.6 is 11.3 Å². The monoisotopic (exact) mass is 415 g/mol. The minimum Gasteiger partial charge on any atom is -0.463 e. The van der Waals surface area contributed by atoms with E-state index in [0.717, 1.165) is 10.2 Å². The van der Waals surface area contributed by atoms with Crippen molar-refractivity contribution < 1.29 is 23.9 Å². The second-order valence-corrected chi connectivity index (χ2v) is 7.20. The molecule has 0 saturated heterocycles. The van der Waals surface area contributed by atoms with Gasteiger partial charge in [0.25, 0.3) is 0 Å². The van der Waals surface area contributed by atoms with Gasteiger partial charge in [0.15, 0.2) is 0 Å². The van der Waals surface area contributed by atoms with Crippen molar-refractivity contribution in [3.63, 3.8) is 0 Å². The second-order valence-electron chi connectivity index (χ2n) is 6.13. The maximum Gasteiger partial charge on any atom is 0.338 e. The van der Waals surface area contributed by atoms with Crippen molar-refractivity contribution in [2.24, 2.45) is 0 Å². The Morgan fingerprint density at radius 2 is 2.03 bits per heavy atom. The molecule has 1 aromatic heterocycles. The SMILES string of the molecule is CCOC(=O)C1=C(COC(=O)/C=C/c2nc3ccccc3s2)NC(=O)N[C@H]1CC. The van der Waals surface area contributed by atoms with Crippen LogP contribution in [-0.2, 0) is 19.1 Å². The van der Waals surface area contributed by atoms with E-state index in [1.165, 1.54) is 17.4 Å². The molecule has 152 valence electrons. The van der Waals surface area contributed by atoms with Crippen LogP contribution < -0.4 is 10.6 Å². The number of nitrogens with one attached hydrogen (secondary N) is 2. The third kappa shape index (κ3) is 5.00. The van der Waals surface area contributed by atoms with Crippen LogP contribution in [0.15, 0.2) is 41.6 Å². The molecule has 9 heteroatoms. The topological polar surface area (TPSA) is 107 Å². The van der Waals surface area contributed by atoms with Gasteiger partial charge in [0, 0.05) is 6.08 Å². The minimum absolute atomic E-state index is 0.199. The number of rotatable bonds is 7. The summed E-state index contributed by atoms with van der Waals surface area (Å²) in [5.74, 6) is -1.16. The largest absolute Gasteiger partial charge is 0.463 e. The van der Waals surface area contributed by atoms with Gasteiger partial charge in [-0.25, -0.2) is 19.4 Å². The first-order chi connectivity index (χ1) is 14.0. The lowest BCUT2D eigenvalue weighted by Crippen LogP contribution is -2.51. The van der Waals surface area contributed by atoms with E-state index >= 15 is 0 Å². The van der Waals surface area contributed by atoms with Gasteiger partial charge in [0.2, 0.25) is 0 Å². The average molecular weight is 415 g/mol. The summed E-state index contributed by atoms with van der Waals surface area (Å²) in [7, 11) is 0. The fourth-order valence-electron chi connectivity index (χ4n) is 2.87. The molecule has 0 unspecified atom stereocenters. The van der Waals surface area contributed by atoms with Crippen molar-refractivity contribution in [3.8, 4) is 0 Å². The smallest absolute Gasteiger partial charge is 0.338 e. The third-order valence-electron chi connectivity index (χ3n) is 4.18. The lowest BCUT2D eigenvalue weighted by atomic mass is 10.0. The zero-order valence-corrected chi connectivity index (χ0v) is 16.9. The molecule has 3 rings (SSSR count). The number of fused-ring (bicyclic) bond motifs is 1. The number of para-hydroxylation sites is 1. The highest BCUT2D eigenvalue weighted by molar-refractivity contribution is 7.19. The van der Waals surface area contributed by atoms with Crippen LogP contribution in [0.4, 0.5) is 4.79 Å². The highest BCUT2D eigenvalue weighted by atomic mass is 32.1. The molecule has 2 N–H and O–H groups in total. The Balaban J connectivity index is 1.70. The maximum absolute atomic E-state index is 12.3. The van der Waals surface area contributed by atoms with Crippen molar-refractivity contribution >= 4 is 45.6 Å². The molecule has 1 aliphatic rings. The van der Waals surface area contributed by atoms with Crippen molar-refractivity contribution in [3.05, 3.63) is 46.6 Å². The Bertz CT molecular complexity index is 962. The predicted octanol–water partition coefficient (Wildman–Crippen LogP) is 2.76. The van der Waals surface area contributed by atoms with Crippen LogP contribution in [0.1, 0.15) is 25.3 Å². The number of benzene rings is 1. The molecular formula is C20H21N3O5S. The average Bonchev–Trinajstić information content (AvgIpc) is 3.13. The van der Waals surface area contributed by atoms with E-state index in [9.17, 15) is 14.4 Å². The lowest BCUT2D eigenvalue weighted by molar-refractivity contribution is -0.140. The second kappa shape index (κ2) is 9.33. The summed E-state index contributed by atoms with van der Waals surface area (Å²) in [6.45, 7) is 3.48. The van der Waals surface area contributed by atoms with Gasteiger partial charge < -0.3 is 20.1 Å². The number of thiazole rings is 1. The first-order valence-electron chi connectivity index (χ1n) is 9.19. The van der Waals surface area contributed by atoms with Gasteiger partial charge in [-0.2, -0.15) is 0 Å². The number of esters is 2. The van der Waals surface area contributed by atoms with Gasteiger partial charge >= 0.3 is 18.0 Å². The summed E-state index contributed by atoms with van der Waals surface area (Å²) in [6, 6.07) is 6.71. The Labute approximate surface area is 171 Å². The van der Waals surface area contributed by atoms with E-state index in [-0.39, 0.29) is 24.5 Å². The normalized spacial score (nSPS) is 16.6. The molecule has 8 nitrogen and oxygen atoms in total. The zero-order valence-electron chi connectivity index (χ0n) is 16.1. The zero-order chi connectivity index (χ0) is 20.8. The van der Waals surface area contributed by atoms with E-state index in [4.69, 9.17) is 9.47 Å². The summed E-state index contributed by atoms with van der Waals surface area (Å²) in [6.07, 6.45) is 3.34. The van der Waals surface area contributed by atoms with E-state index < -0.39 is 24.0 Å². The van der Waals surface area contributed by atoms with Crippen molar-refractivity contribution in [1.82, 2.24) is 15.6 Å². The summed E-state index contributed by atoms with van der Waals surface area (Å²) < 4.78 is 11.3. The van der Waals surface area contributed by atoms with Crippen molar-refractivity contribution in [1.29, 1.82) is 0 Å². The van der Waals surface area contributed by atoms with Gasteiger partial charge in [-0.1, -0.05) is 19.1 Å². The summed E-state index contributed by atoms with van der Waals surface area (Å²) in [5.41, 5.74) is 1.34. The summed E-state index contributed by atoms with van der Waals surface area (Å²) in [4.78, 5) is 40.7. The van der Waals surface area contributed by atoms with Gasteiger partial charge in [-0.15, -0.1) is 11.3 Å². The molecule has 2 aromatic rings. The fourth-order valence-corrected chi connectivity index (χ4v) is 3.74. The minimum atomic E-state index is -0.610. The molecule has 0 radical (unpaired) electrons. The quantitative estimate of drug-likeness (QED) is 0.532. The number of hydrogen-bond donors (Lipinski definition) is 2. The number of nitrogens with zero attached hydrogens (tertiary/aromatic N) is 1. The van der Waals surface area contributed by atoms with E-state index in [0.29, 0.717) is 11.4 Å². The van der Waals surface area contributed by atoms with Crippen molar-refractivity contribution in [2.75, 3.05) is 13.2 Å². The number of ether oxygens (including phenoxy) is 2. The molecule has 0 saturated carbocycles. The standard InChI is InChI=1S/C20H21N3O5S/c1-3-12-18(19(25)27-4-2)14(23-20(26)22-12)11-28-17(24)10-9-16-21-13-7-5-6-8-15(13)29-16/h5-10,12H,3-4,11H2,1-2H3,(H2,22,23,26)/b10-9+/t12-/m0/s1. The molecule has 2 heterocycles. The maximum atomic E-state index is 12.3. The summed E-state index contributed by atoms with van der Waals surface area (Å²) >= 11 is 1.46. The Hall–Kier alpha value is -3.20. The highest BCUT2D eigenvalue weighted by Crippen LogP contribution is 2.22. The number of urea groups is 1. The number of aromatic nitrogens is 1. The first-order valence-corrected chi connectivity index (χ1v) is 10.0. The molecule has 0 aliphatic carbocycles. The van der Waals surface area contributed by atoms with Gasteiger partial charge in [-0.05, 0) is 31.6 Å². The van der Waals surface area contributed by atoms with Crippen LogP contribution in [0.2, 0.25) is 0 Å². The lowest BCUT2D eigenvalue weighted by Gasteiger charge is -2.28. The van der Waals surface area contributed by atoms with E-state index in [1.807, 2.05) is 31.2 Å². The molecule has 0 spiro atoms. The molecule has 1 atom stereocenters. The van der Waals surface area contributed by atoms with Crippen LogP contribution in [0.3, 0.4) is 0 Å². The van der Waals surface area contributed by atoms with Gasteiger partial charge in [-0.3, -0.25) is 0 Å². The van der Waals surface area contributed by atoms with Crippen LogP contribution in [-0.4, -0.2) is 42.2 Å².